The van der Waals surface area contributed by atoms with Crippen LogP contribution in [-0.4, -0.2) is 35.9 Å². The molecule has 2 heterocycles. The molecule has 0 fully saturated rings. The van der Waals surface area contributed by atoms with Gasteiger partial charge in [0.25, 0.3) is 11.5 Å². The number of hydrogen-bond acceptors (Lipinski definition) is 6. The second kappa shape index (κ2) is 6.41. The van der Waals surface area contributed by atoms with Gasteiger partial charge >= 0.3 is 0 Å². The van der Waals surface area contributed by atoms with Crippen molar-refractivity contribution in [1.82, 2.24) is 35.3 Å². The van der Waals surface area contributed by atoms with Crippen molar-refractivity contribution in [3.8, 4) is 5.69 Å². The average molecular weight is 325 g/mol. The van der Waals surface area contributed by atoms with Gasteiger partial charge < -0.3 is 5.32 Å². The van der Waals surface area contributed by atoms with Crippen LogP contribution in [0, 0.1) is 0 Å². The normalized spacial score (nSPS) is 11.9. The molecule has 3 aromatic rings. The van der Waals surface area contributed by atoms with Gasteiger partial charge in [-0.3, -0.25) is 9.59 Å². The van der Waals surface area contributed by atoms with Crippen LogP contribution in [0.3, 0.4) is 0 Å². The number of aryl methyl sites for hydroxylation is 1. The molecular weight excluding hydrogens is 310 g/mol. The van der Waals surface area contributed by atoms with Crippen molar-refractivity contribution in [2.24, 2.45) is 7.05 Å². The summed E-state index contributed by atoms with van der Waals surface area (Å²) in [5.74, 6) is 0.0695. The first kappa shape index (κ1) is 15.5. The van der Waals surface area contributed by atoms with Gasteiger partial charge in [0.05, 0.1) is 11.7 Å². The van der Waals surface area contributed by atoms with E-state index in [1.165, 1.54) is 19.2 Å². The van der Waals surface area contributed by atoms with Gasteiger partial charge in [0, 0.05) is 13.1 Å². The average Bonchev–Trinajstić information content (AvgIpc) is 3.08. The molecule has 9 nitrogen and oxygen atoms in total. The van der Waals surface area contributed by atoms with Crippen molar-refractivity contribution in [3.63, 3.8) is 0 Å². The van der Waals surface area contributed by atoms with Gasteiger partial charge in [-0.2, -0.15) is 9.78 Å². The zero-order chi connectivity index (χ0) is 17.1. The van der Waals surface area contributed by atoms with E-state index >= 15 is 0 Å². The topological polar surface area (TPSA) is 108 Å². The van der Waals surface area contributed by atoms with E-state index in [2.05, 4.69) is 25.9 Å². The highest BCUT2D eigenvalue weighted by Crippen LogP contribution is 2.13. The maximum absolute atomic E-state index is 12.3. The summed E-state index contributed by atoms with van der Waals surface area (Å²) >= 11 is 0. The van der Waals surface area contributed by atoms with Crippen LogP contribution >= 0.6 is 0 Å². The Morgan fingerprint density at radius 3 is 2.62 bits per heavy atom. The molecule has 9 heteroatoms. The van der Waals surface area contributed by atoms with E-state index in [0.717, 1.165) is 10.4 Å². The lowest BCUT2D eigenvalue weighted by molar-refractivity contribution is 0.0930. The van der Waals surface area contributed by atoms with Gasteiger partial charge in [0.2, 0.25) is 0 Å². The van der Waals surface area contributed by atoms with Crippen LogP contribution in [-0.2, 0) is 7.05 Å². The van der Waals surface area contributed by atoms with Crippen LogP contribution < -0.4 is 10.9 Å². The minimum atomic E-state index is -0.452. The third-order valence-electron chi connectivity index (χ3n) is 3.42. The summed E-state index contributed by atoms with van der Waals surface area (Å²) in [7, 11) is 1.48. The van der Waals surface area contributed by atoms with Gasteiger partial charge in [-0.15, -0.1) is 5.10 Å². The van der Waals surface area contributed by atoms with Gasteiger partial charge in [-0.05, 0) is 35.5 Å². The Kier molecular flexibility index (Phi) is 4.15. The molecular formula is C15H15N7O2. The number of nitrogens with zero attached hydrogens (tertiary/aromatic N) is 6. The minimum Gasteiger partial charge on any atom is -0.341 e. The van der Waals surface area contributed by atoms with Crippen molar-refractivity contribution in [1.29, 1.82) is 0 Å². The number of rotatable bonds is 4. The second-order valence-electron chi connectivity index (χ2n) is 5.16. The van der Waals surface area contributed by atoms with E-state index in [0.29, 0.717) is 5.82 Å². The highest BCUT2D eigenvalue weighted by molar-refractivity contribution is 5.92. The zero-order valence-corrected chi connectivity index (χ0v) is 13.1. The Morgan fingerprint density at radius 1 is 1.17 bits per heavy atom. The summed E-state index contributed by atoms with van der Waals surface area (Å²) in [5, 5.41) is 18.3. The molecule has 0 spiro atoms. The predicted octanol–water partition coefficient (Wildman–Crippen LogP) is 0.247. The molecule has 24 heavy (non-hydrogen) atoms. The number of hydrogen-bond donors (Lipinski definition) is 1. The van der Waals surface area contributed by atoms with E-state index in [-0.39, 0.29) is 11.3 Å². The lowest BCUT2D eigenvalue weighted by Gasteiger charge is -2.13. The molecule has 0 aliphatic carbocycles. The summed E-state index contributed by atoms with van der Waals surface area (Å²) in [5.41, 5.74) is 0.647. The Bertz CT molecular complexity index is 917. The van der Waals surface area contributed by atoms with E-state index in [9.17, 15) is 9.59 Å². The molecule has 3 rings (SSSR count). The Morgan fingerprint density at radius 2 is 1.92 bits per heavy atom. The molecule has 122 valence electrons. The van der Waals surface area contributed by atoms with Gasteiger partial charge in [0.1, 0.15) is 5.69 Å². The van der Waals surface area contributed by atoms with Crippen molar-refractivity contribution in [2.75, 3.05) is 0 Å². The quantitative estimate of drug-likeness (QED) is 0.736. The first-order valence-electron chi connectivity index (χ1n) is 7.25. The lowest BCUT2D eigenvalue weighted by Crippen LogP contribution is -2.31. The number of aromatic nitrogens is 6. The zero-order valence-electron chi connectivity index (χ0n) is 13.1. The summed E-state index contributed by atoms with van der Waals surface area (Å²) < 4.78 is 2.66. The van der Waals surface area contributed by atoms with Crippen LogP contribution in [0.15, 0.2) is 47.3 Å². The van der Waals surface area contributed by atoms with Crippen LogP contribution in [0.25, 0.3) is 5.69 Å². The third-order valence-corrected chi connectivity index (χ3v) is 3.42. The molecule has 0 saturated carbocycles. The molecule has 1 aromatic carbocycles. The van der Waals surface area contributed by atoms with Gasteiger partial charge in [0.15, 0.2) is 5.82 Å². The highest BCUT2D eigenvalue weighted by Gasteiger charge is 2.19. The number of para-hydroxylation sites is 1. The molecule has 0 radical (unpaired) electrons. The van der Waals surface area contributed by atoms with Gasteiger partial charge in [-0.25, -0.2) is 4.68 Å². The van der Waals surface area contributed by atoms with Crippen LogP contribution in [0.1, 0.15) is 29.3 Å². The summed E-state index contributed by atoms with van der Waals surface area (Å²) in [4.78, 5) is 23.6. The van der Waals surface area contributed by atoms with Crippen molar-refractivity contribution < 1.29 is 4.79 Å². The Labute approximate surface area is 136 Å². The third kappa shape index (κ3) is 3.05. The van der Waals surface area contributed by atoms with Crippen LogP contribution in [0.4, 0.5) is 0 Å². The number of carbonyl (C=O) groups is 1. The van der Waals surface area contributed by atoms with Crippen LogP contribution in [0.5, 0.6) is 0 Å². The van der Waals surface area contributed by atoms with E-state index < -0.39 is 11.9 Å². The molecule has 1 amide bonds. The highest BCUT2D eigenvalue weighted by atomic mass is 16.2. The number of tetrazole rings is 1. The number of benzene rings is 1. The number of carbonyl (C=O) groups excluding carboxylic acids is 1. The maximum atomic E-state index is 12.3. The molecule has 2 aromatic heterocycles. The number of amides is 1. The standard InChI is InChI=1S/C15H15N7O2/c1-10(16-15(24)12-8-9-13(23)21(2)18-12)14-17-19-20-22(14)11-6-4-3-5-7-11/h3-10H,1-2H3,(H,16,24)/t10-/m0/s1. The fourth-order valence-corrected chi connectivity index (χ4v) is 2.18. The lowest BCUT2D eigenvalue weighted by atomic mass is 10.2. The van der Waals surface area contributed by atoms with Crippen molar-refractivity contribution in [3.05, 3.63) is 64.3 Å². The molecule has 0 bridgehead atoms. The van der Waals surface area contributed by atoms with Crippen molar-refractivity contribution in [2.45, 2.75) is 13.0 Å². The van der Waals surface area contributed by atoms with E-state index in [4.69, 9.17) is 0 Å². The number of nitrogens with one attached hydrogen (secondary N) is 1. The first-order valence-corrected chi connectivity index (χ1v) is 7.25. The molecule has 0 saturated heterocycles. The van der Waals surface area contributed by atoms with E-state index in [1.807, 2.05) is 30.3 Å². The minimum absolute atomic E-state index is 0.141. The fraction of sp³-hybridized carbons (Fsp3) is 0.200. The SMILES string of the molecule is C[C@H](NC(=O)c1ccc(=O)n(C)n1)c1nnnn1-c1ccccc1. The summed E-state index contributed by atoms with van der Waals surface area (Å²) in [6.45, 7) is 1.77. The molecule has 1 atom stereocenters. The molecule has 0 aliphatic rings. The van der Waals surface area contributed by atoms with E-state index in [1.54, 1.807) is 11.6 Å². The molecule has 0 unspecified atom stereocenters. The fourth-order valence-electron chi connectivity index (χ4n) is 2.18. The Hall–Kier alpha value is -3.36. The van der Waals surface area contributed by atoms with Crippen molar-refractivity contribution >= 4 is 5.91 Å². The largest absolute Gasteiger partial charge is 0.341 e. The summed E-state index contributed by atoms with van der Waals surface area (Å²) in [6, 6.07) is 11.6. The first-order chi connectivity index (χ1) is 11.6. The molecule has 0 aliphatic heterocycles. The monoisotopic (exact) mass is 325 g/mol. The summed E-state index contributed by atoms with van der Waals surface area (Å²) in [6.07, 6.45) is 0. The second-order valence-corrected chi connectivity index (χ2v) is 5.16. The van der Waals surface area contributed by atoms with Crippen LogP contribution in [0.2, 0.25) is 0 Å². The predicted molar refractivity (Wildman–Crippen MR) is 84.5 cm³/mol. The van der Waals surface area contributed by atoms with Gasteiger partial charge in [-0.1, -0.05) is 18.2 Å². The maximum Gasteiger partial charge on any atom is 0.272 e. The molecule has 1 N–H and O–H groups in total. The Balaban J connectivity index is 1.82. The smallest absolute Gasteiger partial charge is 0.272 e.